The number of anilines is 2. The first kappa shape index (κ1) is 17.9. The molecular weight excluding hydrogens is 356 g/mol. The highest BCUT2D eigenvalue weighted by molar-refractivity contribution is 7.22. The second-order valence-corrected chi connectivity index (χ2v) is 8.04. The number of amides is 1. The highest BCUT2D eigenvalue weighted by atomic mass is 32.1. The molecule has 27 heavy (non-hydrogen) atoms. The minimum absolute atomic E-state index is 0.0423. The van der Waals surface area contributed by atoms with Crippen LogP contribution >= 0.6 is 11.3 Å². The van der Waals surface area contributed by atoms with Gasteiger partial charge in [-0.05, 0) is 43.2 Å². The third-order valence-electron chi connectivity index (χ3n) is 5.14. The number of para-hydroxylation sites is 1. The smallest absolute Gasteiger partial charge is 0.238 e. The van der Waals surface area contributed by atoms with Gasteiger partial charge in [0.2, 0.25) is 5.91 Å². The van der Waals surface area contributed by atoms with Crippen molar-refractivity contribution in [2.75, 3.05) is 42.9 Å². The number of aromatic nitrogens is 1. The van der Waals surface area contributed by atoms with E-state index in [2.05, 4.69) is 41.1 Å². The zero-order valence-corrected chi connectivity index (χ0v) is 16.6. The molecule has 1 amide bonds. The molecule has 1 aromatic heterocycles. The molecule has 1 saturated heterocycles. The minimum atomic E-state index is 0.0423. The molecule has 0 unspecified atom stereocenters. The summed E-state index contributed by atoms with van der Waals surface area (Å²) in [5.74, 6) is 0.0423. The summed E-state index contributed by atoms with van der Waals surface area (Å²) in [5, 5.41) is 4.05. The molecule has 0 atom stereocenters. The molecule has 1 fully saturated rings. The third kappa shape index (κ3) is 3.96. The number of carbonyl (C=O) groups excluding carboxylic acids is 1. The second-order valence-electron chi connectivity index (χ2n) is 7.03. The van der Waals surface area contributed by atoms with E-state index >= 15 is 0 Å². The fourth-order valence-electron chi connectivity index (χ4n) is 3.37. The van der Waals surface area contributed by atoms with Gasteiger partial charge >= 0.3 is 0 Å². The van der Waals surface area contributed by atoms with Gasteiger partial charge in [0.05, 0.1) is 16.8 Å². The van der Waals surface area contributed by atoms with Gasteiger partial charge in [-0.15, -0.1) is 0 Å². The first-order valence-corrected chi connectivity index (χ1v) is 10.1. The normalized spacial score (nSPS) is 15.3. The minimum Gasteiger partial charge on any atom is -0.345 e. The summed E-state index contributed by atoms with van der Waals surface area (Å²) in [6, 6.07) is 14.0. The number of benzene rings is 2. The second kappa shape index (κ2) is 7.66. The number of hydrogen-bond acceptors (Lipinski definition) is 5. The van der Waals surface area contributed by atoms with E-state index in [1.165, 1.54) is 15.8 Å². The third-order valence-corrected chi connectivity index (χ3v) is 6.22. The Labute approximate surface area is 163 Å². The summed E-state index contributed by atoms with van der Waals surface area (Å²) in [7, 11) is 0. The summed E-state index contributed by atoms with van der Waals surface area (Å²) in [6.07, 6.45) is 0. The lowest BCUT2D eigenvalue weighted by atomic mass is 10.1. The van der Waals surface area contributed by atoms with Crippen LogP contribution in [0, 0.1) is 13.8 Å². The van der Waals surface area contributed by atoms with Crippen molar-refractivity contribution in [3.63, 3.8) is 0 Å². The van der Waals surface area contributed by atoms with Crippen molar-refractivity contribution in [2.45, 2.75) is 13.8 Å². The Morgan fingerprint density at radius 2 is 1.81 bits per heavy atom. The van der Waals surface area contributed by atoms with Gasteiger partial charge in [-0.1, -0.05) is 35.6 Å². The van der Waals surface area contributed by atoms with Crippen molar-refractivity contribution in [3.8, 4) is 0 Å². The van der Waals surface area contributed by atoms with Gasteiger partial charge < -0.3 is 10.2 Å². The maximum atomic E-state index is 12.2. The van der Waals surface area contributed by atoms with Crippen LogP contribution in [0.5, 0.6) is 0 Å². The predicted molar refractivity (Wildman–Crippen MR) is 113 cm³/mol. The van der Waals surface area contributed by atoms with Crippen molar-refractivity contribution < 1.29 is 4.79 Å². The molecule has 0 saturated carbocycles. The van der Waals surface area contributed by atoms with E-state index in [-0.39, 0.29) is 5.91 Å². The van der Waals surface area contributed by atoms with E-state index in [0.717, 1.165) is 42.5 Å². The molecule has 1 aliphatic rings. The van der Waals surface area contributed by atoms with Crippen LogP contribution in [-0.2, 0) is 4.79 Å². The fourth-order valence-corrected chi connectivity index (χ4v) is 4.45. The van der Waals surface area contributed by atoms with Gasteiger partial charge in [0.25, 0.3) is 0 Å². The Hall–Kier alpha value is -2.44. The molecule has 5 nitrogen and oxygen atoms in total. The summed E-state index contributed by atoms with van der Waals surface area (Å²) >= 11 is 1.76. The number of nitrogens with one attached hydrogen (secondary N) is 1. The van der Waals surface area contributed by atoms with Gasteiger partial charge in [0, 0.05) is 31.9 Å². The van der Waals surface area contributed by atoms with Crippen LogP contribution in [0.1, 0.15) is 11.1 Å². The number of hydrogen-bond donors (Lipinski definition) is 1. The number of fused-ring (bicyclic) bond motifs is 1. The van der Waals surface area contributed by atoms with Gasteiger partial charge in [-0.3, -0.25) is 9.69 Å². The molecule has 1 aliphatic heterocycles. The lowest BCUT2D eigenvalue weighted by molar-refractivity contribution is -0.117. The Morgan fingerprint density at radius 3 is 2.56 bits per heavy atom. The Balaban J connectivity index is 1.35. The molecule has 4 rings (SSSR count). The predicted octanol–water partition coefficient (Wildman–Crippen LogP) is 3.67. The highest BCUT2D eigenvalue weighted by Crippen LogP contribution is 2.32. The molecule has 0 radical (unpaired) electrons. The van der Waals surface area contributed by atoms with Crippen LogP contribution in [0.25, 0.3) is 10.2 Å². The van der Waals surface area contributed by atoms with Gasteiger partial charge in [0.15, 0.2) is 5.13 Å². The van der Waals surface area contributed by atoms with E-state index in [0.29, 0.717) is 6.54 Å². The Morgan fingerprint density at radius 1 is 1.07 bits per heavy atom. The van der Waals surface area contributed by atoms with Crippen LogP contribution in [0.3, 0.4) is 0 Å². The van der Waals surface area contributed by atoms with Crippen molar-refractivity contribution >= 4 is 38.3 Å². The van der Waals surface area contributed by atoms with E-state index in [1.807, 2.05) is 30.3 Å². The molecule has 140 valence electrons. The number of rotatable bonds is 4. The Kier molecular flexibility index (Phi) is 5.09. The lowest BCUT2D eigenvalue weighted by Gasteiger charge is -2.34. The topological polar surface area (TPSA) is 48.5 Å². The zero-order valence-electron chi connectivity index (χ0n) is 15.7. The lowest BCUT2D eigenvalue weighted by Crippen LogP contribution is -2.48. The maximum absolute atomic E-state index is 12.2. The van der Waals surface area contributed by atoms with Gasteiger partial charge in [0.1, 0.15) is 0 Å². The molecule has 0 aliphatic carbocycles. The monoisotopic (exact) mass is 380 g/mol. The van der Waals surface area contributed by atoms with Crippen molar-refractivity contribution in [1.29, 1.82) is 0 Å². The van der Waals surface area contributed by atoms with Crippen molar-refractivity contribution in [3.05, 3.63) is 53.6 Å². The first-order valence-electron chi connectivity index (χ1n) is 9.29. The van der Waals surface area contributed by atoms with Crippen molar-refractivity contribution in [2.24, 2.45) is 0 Å². The molecular formula is C21H24N4OS. The number of nitrogens with zero attached hydrogens (tertiary/aromatic N) is 3. The largest absolute Gasteiger partial charge is 0.345 e. The molecule has 0 spiro atoms. The number of aryl methyl sites for hydroxylation is 2. The molecule has 6 heteroatoms. The molecule has 3 aromatic rings. The van der Waals surface area contributed by atoms with E-state index in [1.54, 1.807) is 11.3 Å². The fraction of sp³-hybridized carbons (Fsp3) is 0.333. The van der Waals surface area contributed by atoms with Crippen LogP contribution in [0.4, 0.5) is 10.8 Å². The maximum Gasteiger partial charge on any atom is 0.238 e. The zero-order chi connectivity index (χ0) is 18.8. The SMILES string of the molecule is Cc1ccc2sc(N3CCN(CC(=O)Nc4ccccc4)CC3)nc2c1C. The molecule has 2 heterocycles. The van der Waals surface area contributed by atoms with Crippen LogP contribution < -0.4 is 10.2 Å². The average molecular weight is 381 g/mol. The van der Waals surface area contributed by atoms with Crippen LogP contribution in [0.2, 0.25) is 0 Å². The number of carbonyl (C=O) groups is 1. The number of thiazole rings is 1. The first-order chi connectivity index (χ1) is 13.1. The van der Waals surface area contributed by atoms with E-state index in [9.17, 15) is 4.79 Å². The highest BCUT2D eigenvalue weighted by Gasteiger charge is 2.21. The van der Waals surface area contributed by atoms with Crippen molar-refractivity contribution in [1.82, 2.24) is 9.88 Å². The summed E-state index contributed by atoms with van der Waals surface area (Å²) in [5.41, 5.74) is 4.53. The average Bonchev–Trinajstić information content (AvgIpc) is 3.11. The standard InChI is InChI=1S/C21H24N4OS/c1-15-8-9-18-20(16(15)2)23-21(27-18)25-12-10-24(11-13-25)14-19(26)22-17-6-4-3-5-7-17/h3-9H,10-14H2,1-2H3,(H,22,26). The summed E-state index contributed by atoms with van der Waals surface area (Å²) in [6.45, 7) is 8.25. The molecule has 1 N–H and O–H groups in total. The molecule has 0 bridgehead atoms. The van der Waals surface area contributed by atoms with E-state index in [4.69, 9.17) is 4.98 Å². The van der Waals surface area contributed by atoms with Crippen LogP contribution in [0.15, 0.2) is 42.5 Å². The molecule has 2 aromatic carbocycles. The Bertz CT molecular complexity index is 945. The summed E-state index contributed by atoms with van der Waals surface area (Å²) in [4.78, 5) is 21.7. The quantitative estimate of drug-likeness (QED) is 0.750. The van der Waals surface area contributed by atoms with Gasteiger partial charge in [-0.25, -0.2) is 4.98 Å². The summed E-state index contributed by atoms with van der Waals surface area (Å²) < 4.78 is 1.25. The van der Waals surface area contributed by atoms with Crippen LogP contribution in [-0.4, -0.2) is 48.5 Å². The van der Waals surface area contributed by atoms with E-state index < -0.39 is 0 Å². The number of piperazine rings is 1. The van der Waals surface area contributed by atoms with Gasteiger partial charge in [-0.2, -0.15) is 0 Å².